The van der Waals surface area contributed by atoms with E-state index in [0.717, 1.165) is 11.3 Å². The third-order valence-corrected chi connectivity index (χ3v) is 3.54. The van der Waals surface area contributed by atoms with Crippen molar-refractivity contribution < 1.29 is 9.90 Å². The van der Waals surface area contributed by atoms with Gasteiger partial charge in [-0.15, -0.1) is 0 Å². The Kier molecular flexibility index (Phi) is 3.98. The molecule has 0 aliphatic carbocycles. The lowest BCUT2D eigenvalue weighted by Gasteiger charge is -2.12. The predicted molar refractivity (Wildman–Crippen MR) is 78.8 cm³/mol. The maximum absolute atomic E-state index is 12.1. The van der Waals surface area contributed by atoms with Gasteiger partial charge < -0.3 is 20.3 Å². The molecule has 3 rings (SSSR count). The van der Waals surface area contributed by atoms with E-state index in [1.807, 2.05) is 35.0 Å². The lowest BCUT2D eigenvalue weighted by atomic mass is 10.1. The van der Waals surface area contributed by atoms with Gasteiger partial charge in [-0.25, -0.2) is 4.98 Å². The molecule has 1 saturated heterocycles. The predicted octanol–water partition coefficient (Wildman–Crippen LogP) is 0.593. The molecule has 6 heteroatoms. The Balaban J connectivity index is 1.64. The molecular weight excluding hydrogens is 268 g/mol. The first-order chi connectivity index (χ1) is 10.2. The van der Waals surface area contributed by atoms with Crippen molar-refractivity contribution in [2.75, 3.05) is 11.9 Å². The first kappa shape index (κ1) is 13.8. The van der Waals surface area contributed by atoms with Crippen LogP contribution in [0.1, 0.15) is 12.0 Å². The zero-order valence-electron chi connectivity index (χ0n) is 11.6. The molecule has 0 radical (unpaired) electrons. The number of β-amino-alcohol motifs (C(OH)–C–C–N with tert-alkyl or cyclic N) is 1. The summed E-state index contributed by atoms with van der Waals surface area (Å²) in [5.74, 6) is -0.105. The Labute approximate surface area is 122 Å². The monoisotopic (exact) mass is 286 g/mol. The van der Waals surface area contributed by atoms with Gasteiger partial charge in [0.1, 0.15) is 0 Å². The van der Waals surface area contributed by atoms with E-state index < -0.39 is 6.10 Å². The zero-order chi connectivity index (χ0) is 14.7. The van der Waals surface area contributed by atoms with Crippen LogP contribution in [-0.2, 0) is 11.3 Å². The number of nitrogens with zero attached hydrogens (tertiary/aromatic N) is 2. The Bertz CT molecular complexity index is 612. The quantitative estimate of drug-likeness (QED) is 0.769. The average Bonchev–Trinajstić information content (AvgIpc) is 3.11. The molecule has 3 N–H and O–H groups in total. The van der Waals surface area contributed by atoms with Crippen LogP contribution >= 0.6 is 0 Å². The SMILES string of the molecule is O=C(Nc1cccc(Cn2ccnc2)c1)C1CC(O)CN1. The van der Waals surface area contributed by atoms with Gasteiger partial charge in [0.05, 0.1) is 18.5 Å². The molecule has 2 atom stereocenters. The molecule has 2 aromatic rings. The molecule has 1 aromatic carbocycles. The Morgan fingerprint density at radius 2 is 2.43 bits per heavy atom. The molecule has 0 bridgehead atoms. The van der Waals surface area contributed by atoms with Gasteiger partial charge in [0, 0.05) is 31.2 Å². The fourth-order valence-electron chi connectivity index (χ4n) is 2.48. The number of amides is 1. The van der Waals surface area contributed by atoms with E-state index in [9.17, 15) is 9.90 Å². The fourth-order valence-corrected chi connectivity index (χ4v) is 2.48. The third kappa shape index (κ3) is 3.48. The minimum atomic E-state index is -0.437. The van der Waals surface area contributed by atoms with E-state index in [2.05, 4.69) is 15.6 Å². The van der Waals surface area contributed by atoms with Gasteiger partial charge in [0.2, 0.25) is 5.91 Å². The standard InChI is InChI=1S/C15H18N4O2/c20-13-7-14(17-8-13)15(21)18-12-3-1-2-11(6-12)9-19-5-4-16-10-19/h1-6,10,13-14,17,20H,7-9H2,(H,18,21). The van der Waals surface area contributed by atoms with E-state index in [4.69, 9.17) is 0 Å². The van der Waals surface area contributed by atoms with Crippen LogP contribution in [0.4, 0.5) is 5.69 Å². The van der Waals surface area contributed by atoms with E-state index >= 15 is 0 Å². The lowest BCUT2D eigenvalue weighted by molar-refractivity contribution is -0.117. The maximum Gasteiger partial charge on any atom is 0.241 e. The van der Waals surface area contributed by atoms with Crippen molar-refractivity contribution in [1.29, 1.82) is 0 Å². The van der Waals surface area contributed by atoms with E-state index in [-0.39, 0.29) is 11.9 Å². The van der Waals surface area contributed by atoms with Crippen LogP contribution in [0.25, 0.3) is 0 Å². The number of rotatable bonds is 4. The van der Waals surface area contributed by atoms with Crippen LogP contribution in [0.2, 0.25) is 0 Å². The number of benzene rings is 1. The van der Waals surface area contributed by atoms with Crippen LogP contribution in [0.15, 0.2) is 43.0 Å². The third-order valence-electron chi connectivity index (χ3n) is 3.54. The molecule has 1 aromatic heterocycles. The Morgan fingerprint density at radius 3 is 3.14 bits per heavy atom. The van der Waals surface area contributed by atoms with Gasteiger partial charge in [-0.05, 0) is 24.1 Å². The second-order valence-corrected chi connectivity index (χ2v) is 5.28. The van der Waals surface area contributed by atoms with Crippen LogP contribution in [0, 0.1) is 0 Å². The minimum Gasteiger partial charge on any atom is -0.392 e. The molecule has 6 nitrogen and oxygen atoms in total. The first-order valence-corrected chi connectivity index (χ1v) is 6.98. The smallest absolute Gasteiger partial charge is 0.241 e. The summed E-state index contributed by atoms with van der Waals surface area (Å²) in [5, 5.41) is 15.3. The number of hydrogen-bond donors (Lipinski definition) is 3. The van der Waals surface area contributed by atoms with Gasteiger partial charge in [-0.2, -0.15) is 0 Å². The molecule has 2 heterocycles. The molecule has 2 unspecified atom stereocenters. The highest BCUT2D eigenvalue weighted by Gasteiger charge is 2.27. The number of anilines is 1. The second kappa shape index (κ2) is 6.07. The molecule has 110 valence electrons. The van der Waals surface area contributed by atoms with E-state index in [1.165, 1.54) is 0 Å². The number of carbonyl (C=O) groups is 1. The topological polar surface area (TPSA) is 79.2 Å². The van der Waals surface area contributed by atoms with Crippen molar-refractivity contribution in [3.63, 3.8) is 0 Å². The van der Waals surface area contributed by atoms with Crippen molar-refractivity contribution in [2.24, 2.45) is 0 Å². The summed E-state index contributed by atoms with van der Waals surface area (Å²) in [7, 11) is 0. The van der Waals surface area contributed by atoms with Crippen molar-refractivity contribution in [3.05, 3.63) is 48.5 Å². The largest absolute Gasteiger partial charge is 0.392 e. The summed E-state index contributed by atoms with van der Waals surface area (Å²) in [6.45, 7) is 1.18. The summed E-state index contributed by atoms with van der Waals surface area (Å²) in [4.78, 5) is 16.1. The number of nitrogens with one attached hydrogen (secondary N) is 2. The number of aromatic nitrogens is 2. The van der Waals surface area contributed by atoms with E-state index in [1.54, 1.807) is 12.5 Å². The average molecular weight is 286 g/mol. The number of hydrogen-bond acceptors (Lipinski definition) is 4. The number of imidazole rings is 1. The van der Waals surface area contributed by atoms with Gasteiger partial charge in [-0.3, -0.25) is 4.79 Å². The van der Waals surface area contributed by atoms with E-state index in [0.29, 0.717) is 19.5 Å². The Morgan fingerprint density at radius 1 is 1.52 bits per heavy atom. The van der Waals surface area contributed by atoms with Crippen LogP contribution in [0.3, 0.4) is 0 Å². The van der Waals surface area contributed by atoms with Crippen molar-refractivity contribution in [2.45, 2.75) is 25.1 Å². The molecule has 1 aliphatic heterocycles. The van der Waals surface area contributed by atoms with Crippen LogP contribution in [0.5, 0.6) is 0 Å². The molecule has 1 fully saturated rings. The highest BCUT2D eigenvalue weighted by atomic mass is 16.3. The molecule has 21 heavy (non-hydrogen) atoms. The van der Waals surface area contributed by atoms with Gasteiger partial charge >= 0.3 is 0 Å². The zero-order valence-corrected chi connectivity index (χ0v) is 11.6. The minimum absolute atomic E-state index is 0.105. The molecule has 1 amide bonds. The lowest BCUT2D eigenvalue weighted by Crippen LogP contribution is -2.35. The number of carbonyl (C=O) groups excluding carboxylic acids is 1. The first-order valence-electron chi connectivity index (χ1n) is 6.98. The summed E-state index contributed by atoms with van der Waals surface area (Å²) in [6, 6.07) is 7.41. The van der Waals surface area contributed by atoms with Gasteiger partial charge in [-0.1, -0.05) is 12.1 Å². The molecular formula is C15H18N4O2. The van der Waals surface area contributed by atoms with Crippen molar-refractivity contribution in [3.8, 4) is 0 Å². The normalized spacial score (nSPS) is 21.4. The highest BCUT2D eigenvalue weighted by Crippen LogP contribution is 2.14. The number of aliphatic hydroxyl groups is 1. The molecule has 1 aliphatic rings. The summed E-state index contributed by atoms with van der Waals surface area (Å²) >= 11 is 0. The van der Waals surface area contributed by atoms with Crippen molar-refractivity contribution in [1.82, 2.24) is 14.9 Å². The molecule has 0 saturated carbocycles. The number of aliphatic hydroxyl groups excluding tert-OH is 1. The van der Waals surface area contributed by atoms with Gasteiger partial charge in [0.15, 0.2) is 0 Å². The van der Waals surface area contributed by atoms with Crippen LogP contribution < -0.4 is 10.6 Å². The molecule has 0 spiro atoms. The van der Waals surface area contributed by atoms with Crippen molar-refractivity contribution >= 4 is 11.6 Å². The maximum atomic E-state index is 12.1. The van der Waals surface area contributed by atoms with Gasteiger partial charge in [0.25, 0.3) is 0 Å². The fraction of sp³-hybridized carbons (Fsp3) is 0.333. The summed E-state index contributed by atoms with van der Waals surface area (Å²) < 4.78 is 1.97. The highest BCUT2D eigenvalue weighted by molar-refractivity contribution is 5.95. The summed E-state index contributed by atoms with van der Waals surface area (Å²) in [5.41, 5.74) is 1.85. The Hall–Kier alpha value is -2.18. The van der Waals surface area contributed by atoms with Crippen LogP contribution in [-0.4, -0.2) is 39.3 Å². The summed E-state index contributed by atoms with van der Waals surface area (Å²) in [6.07, 6.45) is 5.42. The second-order valence-electron chi connectivity index (χ2n) is 5.28.